The minimum absolute atomic E-state index is 0.0430. The summed E-state index contributed by atoms with van der Waals surface area (Å²) in [5, 5.41) is 6.07. The van der Waals surface area contributed by atoms with Crippen LogP contribution in [0.5, 0.6) is 0 Å². The van der Waals surface area contributed by atoms with Crippen LogP contribution in [-0.2, 0) is 4.79 Å². The van der Waals surface area contributed by atoms with E-state index in [1.54, 1.807) is 11.4 Å². The van der Waals surface area contributed by atoms with Gasteiger partial charge >= 0.3 is 0 Å². The van der Waals surface area contributed by atoms with Crippen molar-refractivity contribution in [3.63, 3.8) is 0 Å². The van der Waals surface area contributed by atoms with Gasteiger partial charge in [-0.3, -0.25) is 9.59 Å². The number of nitrogens with one attached hydrogen (secondary N) is 1. The van der Waals surface area contributed by atoms with E-state index in [9.17, 15) is 9.59 Å². The number of thiophene rings is 1. The fourth-order valence-electron chi connectivity index (χ4n) is 0.700. The Morgan fingerprint density at radius 3 is 2.83 bits per heavy atom. The molecule has 3 nitrogen and oxygen atoms in total. The van der Waals surface area contributed by atoms with E-state index in [1.807, 2.05) is 5.38 Å². The van der Waals surface area contributed by atoms with Gasteiger partial charge in [0.25, 0.3) is 5.91 Å². The number of hydrogen-bond donors (Lipinski definition) is 1. The molecule has 0 aromatic carbocycles. The van der Waals surface area contributed by atoms with Gasteiger partial charge in [0.2, 0.25) is 0 Å². The van der Waals surface area contributed by atoms with E-state index in [1.165, 1.54) is 18.3 Å². The average Bonchev–Trinajstić information content (AvgIpc) is 2.51. The molecule has 1 N–H and O–H groups in total. The number of Topliss-reactive ketones (excluding diaryl/α,β-unsaturated/α-hetero) is 1. The van der Waals surface area contributed by atoms with Gasteiger partial charge < -0.3 is 5.32 Å². The first kappa shape index (κ1) is 8.93. The highest BCUT2D eigenvalue weighted by molar-refractivity contribution is 7.08. The molecule has 1 rings (SSSR count). The Labute approximate surface area is 74.4 Å². The van der Waals surface area contributed by atoms with Crippen molar-refractivity contribution in [2.24, 2.45) is 0 Å². The molecule has 1 aromatic rings. The topological polar surface area (TPSA) is 46.2 Å². The molecule has 0 aliphatic rings. The number of amides is 1. The van der Waals surface area contributed by atoms with Crippen molar-refractivity contribution >= 4 is 23.0 Å². The Hall–Kier alpha value is -1.16. The van der Waals surface area contributed by atoms with Crippen LogP contribution < -0.4 is 5.32 Å². The molecule has 1 aromatic heterocycles. The molecule has 0 aliphatic carbocycles. The van der Waals surface area contributed by atoms with Crippen molar-refractivity contribution < 1.29 is 9.59 Å². The molecule has 0 fully saturated rings. The lowest BCUT2D eigenvalue weighted by atomic mass is 10.3. The predicted molar refractivity (Wildman–Crippen MR) is 47.3 cm³/mol. The summed E-state index contributed by atoms with van der Waals surface area (Å²) in [5.41, 5.74) is 0.612. The van der Waals surface area contributed by atoms with Crippen LogP contribution >= 0.6 is 11.3 Å². The summed E-state index contributed by atoms with van der Waals surface area (Å²) in [6, 6.07) is 1.72. The summed E-state index contributed by atoms with van der Waals surface area (Å²) in [4.78, 5) is 21.7. The second-order valence-electron chi connectivity index (χ2n) is 2.40. The normalized spacial score (nSPS) is 9.42. The monoisotopic (exact) mass is 183 g/mol. The van der Waals surface area contributed by atoms with E-state index >= 15 is 0 Å². The van der Waals surface area contributed by atoms with Crippen molar-refractivity contribution in [3.8, 4) is 0 Å². The zero-order valence-corrected chi connectivity index (χ0v) is 7.48. The maximum absolute atomic E-state index is 11.2. The fraction of sp³-hybridized carbons (Fsp3) is 0.250. The van der Waals surface area contributed by atoms with Crippen LogP contribution in [0.1, 0.15) is 17.3 Å². The van der Waals surface area contributed by atoms with E-state index < -0.39 is 0 Å². The summed E-state index contributed by atoms with van der Waals surface area (Å²) in [5.74, 6) is -0.231. The molecule has 0 unspecified atom stereocenters. The highest BCUT2D eigenvalue weighted by atomic mass is 32.1. The van der Waals surface area contributed by atoms with Crippen molar-refractivity contribution in [2.45, 2.75) is 6.92 Å². The van der Waals surface area contributed by atoms with Crippen molar-refractivity contribution in [1.29, 1.82) is 0 Å². The summed E-state index contributed by atoms with van der Waals surface area (Å²) in [7, 11) is 0. The van der Waals surface area contributed by atoms with Crippen LogP contribution in [0.15, 0.2) is 16.8 Å². The van der Waals surface area contributed by atoms with Gasteiger partial charge in [0.05, 0.1) is 6.54 Å². The molecule has 64 valence electrons. The maximum atomic E-state index is 11.2. The Kier molecular flexibility index (Phi) is 2.99. The highest BCUT2D eigenvalue weighted by Gasteiger charge is 2.04. The lowest BCUT2D eigenvalue weighted by Gasteiger charge is -1.98. The standard InChI is InChI=1S/C8H9NO2S/c1-6(10)4-9-8(11)7-2-3-12-5-7/h2-3,5H,4H2,1H3,(H,9,11). The van der Waals surface area contributed by atoms with E-state index in [0.717, 1.165) is 0 Å². The first-order chi connectivity index (χ1) is 5.70. The molecule has 0 saturated heterocycles. The van der Waals surface area contributed by atoms with Crippen molar-refractivity contribution in [2.75, 3.05) is 6.54 Å². The summed E-state index contributed by atoms with van der Waals surface area (Å²) in [6.45, 7) is 1.54. The third-order valence-electron chi connectivity index (χ3n) is 1.28. The third kappa shape index (κ3) is 2.47. The Balaban J connectivity index is 2.45. The first-order valence-corrected chi connectivity index (χ1v) is 4.44. The van der Waals surface area contributed by atoms with Gasteiger partial charge in [-0.1, -0.05) is 0 Å². The van der Waals surface area contributed by atoms with Crippen LogP contribution in [0.4, 0.5) is 0 Å². The van der Waals surface area contributed by atoms with E-state index in [4.69, 9.17) is 0 Å². The summed E-state index contributed by atoms with van der Waals surface area (Å²) < 4.78 is 0. The number of hydrogen-bond acceptors (Lipinski definition) is 3. The molecule has 4 heteroatoms. The van der Waals surface area contributed by atoms with Gasteiger partial charge in [-0.05, 0) is 18.4 Å². The molecule has 0 radical (unpaired) electrons. The Morgan fingerprint density at radius 1 is 1.58 bits per heavy atom. The number of ketones is 1. The zero-order chi connectivity index (χ0) is 8.97. The van der Waals surface area contributed by atoms with E-state index in [-0.39, 0.29) is 18.2 Å². The number of carbonyl (C=O) groups is 2. The molecule has 0 aliphatic heterocycles. The maximum Gasteiger partial charge on any atom is 0.252 e. The van der Waals surface area contributed by atoms with Gasteiger partial charge in [0.1, 0.15) is 5.78 Å². The quantitative estimate of drug-likeness (QED) is 0.761. The molecule has 12 heavy (non-hydrogen) atoms. The van der Waals surface area contributed by atoms with Crippen LogP contribution in [-0.4, -0.2) is 18.2 Å². The van der Waals surface area contributed by atoms with Gasteiger partial charge in [-0.15, -0.1) is 0 Å². The summed E-state index contributed by atoms with van der Waals surface area (Å²) in [6.07, 6.45) is 0. The molecule has 0 bridgehead atoms. The Bertz CT molecular complexity index is 279. The second kappa shape index (κ2) is 4.01. The SMILES string of the molecule is CC(=O)CNC(=O)c1ccsc1. The third-order valence-corrected chi connectivity index (χ3v) is 1.96. The van der Waals surface area contributed by atoms with Gasteiger partial charge in [-0.25, -0.2) is 0 Å². The van der Waals surface area contributed by atoms with Crippen LogP contribution in [0.2, 0.25) is 0 Å². The van der Waals surface area contributed by atoms with Crippen molar-refractivity contribution in [1.82, 2.24) is 5.32 Å². The van der Waals surface area contributed by atoms with Crippen LogP contribution in [0.25, 0.3) is 0 Å². The smallest absolute Gasteiger partial charge is 0.252 e. The Morgan fingerprint density at radius 2 is 2.33 bits per heavy atom. The molecule has 0 saturated carbocycles. The minimum atomic E-state index is -0.188. The van der Waals surface area contributed by atoms with Crippen molar-refractivity contribution in [3.05, 3.63) is 22.4 Å². The lowest BCUT2D eigenvalue weighted by molar-refractivity contribution is -0.116. The van der Waals surface area contributed by atoms with Gasteiger partial charge in [-0.2, -0.15) is 11.3 Å². The van der Waals surface area contributed by atoms with Gasteiger partial charge in [0.15, 0.2) is 0 Å². The zero-order valence-electron chi connectivity index (χ0n) is 6.66. The van der Waals surface area contributed by atoms with E-state index in [2.05, 4.69) is 5.32 Å². The minimum Gasteiger partial charge on any atom is -0.345 e. The average molecular weight is 183 g/mol. The summed E-state index contributed by atoms with van der Waals surface area (Å²) >= 11 is 1.46. The van der Waals surface area contributed by atoms with Crippen LogP contribution in [0, 0.1) is 0 Å². The molecule has 0 spiro atoms. The second-order valence-corrected chi connectivity index (χ2v) is 3.18. The molecular weight excluding hydrogens is 174 g/mol. The predicted octanol–water partition coefficient (Wildman–Crippen LogP) is 1.07. The fourth-order valence-corrected chi connectivity index (χ4v) is 1.34. The molecule has 0 atom stereocenters. The highest BCUT2D eigenvalue weighted by Crippen LogP contribution is 2.04. The number of carbonyl (C=O) groups excluding carboxylic acids is 2. The first-order valence-electron chi connectivity index (χ1n) is 3.50. The largest absolute Gasteiger partial charge is 0.345 e. The van der Waals surface area contributed by atoms with E-state index in [0.29, 0.717) is 5.56 Å². The molecule has 1 amide bonds. The molecular formula is C8H9NO2S. The van der Waals surface area contributed by atoms with Gasteiger partial charge in [0, 0.05) is 10.9 Å². The number of rotatable bonds is 3. The van der Waals surface area contributed by atoms with Crippen LogP contribution in [0.3, 0.4) is 0 Å². The lowest BCUT2D eigenvalue weighted by Crippen LogP contribution is -2.27. The molecule has 1 heterocycles.